The van der Waals surface area contributed by atoms with E-state index in [1.165, 1.54) is 5.56 Å². The van der Waals surface area contributed by atoms with Gasteiger partial charge in [0.2, 0.25) is 5.91 Å². The molecule has 3 aliphatic heterocycles. The van der Waals surface area contributed by atoms with Gasteiger partial charge in [0, 0.05) is 43.7 Å². The molecule has 6 nitrogen and oxygen atoms in total. The Kier molecular flexibility index (Phi) is 4.25. The molecule has 0 unspecified atom stereocenters. The maximum atomic E-state index is 12.4. The van der Waals surface area contributed by atoms with Gasteiger partial charge in [0.15, 0.2) is 0 Å². The lowest BCUT2D eigenvalue weighted by atomic mass is 9.47. The Hall–Kier alpha value is -1.63. The van der Waals surface area contributed by atoms with Crippen LogP contribution in [0.25, 0.3) is 0 Å². The Morgan fingerprint density at radius 3 is 2.87 bits per heavy atom. The van der Waals surface area contributed by atoms with Gasteiger partial charge in [0.05, 0.1) is 5.60 Å². The van der Waals surface area contributed by atoms with Crippen molar-refractivity contribution >= 4 is 5.91 Å². The minimum absolute atomic E-state index is 0.0720. The van der Waals surface area contributed by atoms with E-state index in [9.17, 15) is 15.0 Å². The maximum absolute atomic E-state index is 12.4. The Balaban J connectivity index is 1.41. The second-order valence-electron chi connectivity index (χ2n) is 10.4. The number of likely N-dealkylation sites (tertiary alicyclic amines) is 1. The molecule has 0 radical (unpaired) electrons. The highest BCUT2D eigenvalue weighted by Crippen LogP contribution is 2.60. The van der Waals surface area contributed by atoms with E-state index in [1.807, 2.05) is 6.07 Å². The van der Waals surface area contributed by atoms with Gasteiger partial charge in [0.25, 0.3) is 0 Å². The van der Waals surface area contributed by atoms with Crippen molar-refractivity contribution < 1.29 is 19.7 Å². The van der Waals surface area contributed by atoms with Gasteiger partial charge in [-0.2, -0.15) is 0 Å². The summed E-state index contributed by atoms with van der Waals surface area (Å²) in [7, 11) is 0. The molecule has 3 saturated heterocycles. The SMILES string of the molecule is O=C1C[C@@H]2C[C@@]3(O)[C@H]4Cc5ccc(O)cc5[C@@]3(CCN4CC3CCOCC3)C[C@@H]2N1. The molecule has 2 aliphatic carbocycles. The van der Waals surface area contributed by atoms with Crippen LogP contribution in [0.15, 0.2) is 18.2 Å². The zero-order chi connectivity index (χ0) is 20.5. The lowest BCUT2D eigenvalue weighted by molar-refractivity contribution is -0.181. The highest BCUT2D eigenvalue weighted by atomic mass is 16.5. The number of carbonyl (C=O) groups is 1. The van der Waals surface area contributed by atoms with Crippen LogP contribution in [-0.4, -0.2) is 65.0 Å². The molecule has 1 saturated carbocycles. The highest BCUT2D eigenvalue weighted by molar-refractivity contribution is 5.79. The second-order valence-corrected chi connectivity index (χ2v) is 10.4. The van der Waals surface area contributed by atoms with E-state index >= 15 is 0 Å². The molecule has 5 aliphatic rings. The molecule has 162 valence electrons. The number of fused-ring (bicyclic) bond motifs is 2. The van der Waals surface area contributed by atoms with Crippen molar-refractivity contribution in [1.82, 2.24) is 10.2 Å². The van der Waals surface area contributed by atoms with Crippen LogP contribution < -0.4 is 5.32 Å². The second kappa shape index (κ2) is 6.68. The van der Waals surface area contributed by atoms with Crippen LogP contribution in [-0.2, 0) is 21.4 Å². The van der Waals surface area contributed by atoms with Gasteiger partial charge >= 0.3 is 0 Å². The Bertz CT molecular complexity index is 869. The average Bonchev–Trinajstić information content (AvgIpc) is 3.07. The molecular weight excluding hydrogens is 380 g/mol. The van der Waals surface area contributed by atoms with Crippen LogP contribution in [0, 0.1) is 11.8 Å². The zero-order valence-electron chi connectivity index (χ0n) is 17.5. The third kappa shape index (κ3) is 2.63. The third-order valence-electron chi connectivity index (χ3n) is 9.01. The predicted octanol–water partition coefficient (Wildman–Crippen LogP) is 1.72. The molecule has 1 amide bonds. The summed E-state index contributed by atoms with van der Waals surface area (Å²) in [5.74, 6) is 1.22. The molecular formula is C24H32N2O4. The highest BCUT2D eigenvalue weighted by Gasteiger charge is 2.67. The van der Waals surface area contributed by atoms with Crippen LogP contribution in [0.5, 0.6) is 5.75 Å². The van der Waals surface area contributed by atoms with Gasteiger partial charge in [0.1, 0.15) is 5.75 Å². The van der Waals surface area contributed by atoms with E-state index in [-0.39, 0.29) is 29.7 Å². The number of phenols is 1. The van der Waals surface area contributed by atoms with Crippen LogP contribution in [0.3, 0.4) is 0 Å². The quantitative estimate of drug-likeness (QED) is 0.689. The molecule has 1 aromatic carbocycles. The first-order valence-electron chi connectivity index (χ1n) is 11.6. The summed E-state index contributed by atoms with van der Waals surface area (Å²) in [6.45, 7) is 3.67. The molecule has 3 N–H and O–H groups in total. The number of amides is 1. The van der Waals surface area contributed by atoms with Gasteiger partial charge in [-0.3, -0.25) is 9.69 Å². The number of nitrogens with one attached hydrogen (secondary N) is 1. The number of nitrogens with zero attached hydrogens (tertiary/aromatic N) is 1. The van der Waals surface area contributed by atoms with Crippen molar-refractivity contribution in [3.8, 4) is 5.75 Å². The van der Waals surface area contributed by atoms with Crippen molar-refractivity contribution in [3.05, 3.63) is 29.3 Å². The van der Waals surface area contributed by atoms with E-state index in [4.69, 9.17) is 4.74 Å². The summed E-state index contributed by atoms with van der Waals surface area (Å²) in [5, 5.41) is 25.9. The number of hydrogen-bond donors (Lipinski definition) is 3. The number of aromatic hydroxyl groups is 1. The van der Waals surface area contributed by atoms with E-state index in [2.05, 4.69) is 16.3 Å². The molecule has 6 rings (SSSR count). The largest absolute Gasteiger partial charge is 0.508 e. The lowest BCUT2D eigenvalue weighted by Gasteiger charge is -2.65. The summed E-state index contributed by atoms with van der Waals surface area (Å²) < 4.78 is 5.56. The topological polar surface area (TPSA) is 82.0 Å². The fourth-order valence-corrected chi connectivity index (χ4v) is 7.56. The van der Waals surface area contributed by atoms with Crippen LogP contribution in [0.1, 0.15) is 49.7 Å². The molecule has 0 aromatic heterocycles. The number of carbonyl (C=O) groups excluding carboxylic acids is 1. The van der Waals surface area contributed by atoms with Crippen molar-refractivity contribution in [3.63, 3.8) is 0 Å². The minimum atomic E-state index is -0.856. The first kappa shape index (κ1) is 19.1. The standard InChI is InChI=1S/C24H32N2O4/c27-18-2-1-16-9-21-24(29)12-17-10-22(28)25-20(17)13-23(24,19(16)11-18)5-6-26(21)14-15-3-7-30-8-4-15/h1-2,11,15,17,20-21,27,29H,3-10,12-14H2,(H,25,28)/t17-,20+,21-,23-,24-/m1/s1. The third-order valence-corrected chi connectivity index (χ3v) is 9.01. The Labute approximate surface area is 177 Å². The Morgan fingerprint density at radius 1 is 1.20 bits per heavy atom. The van der Waals surface area contributed by atoms with E-state index in [0.717, 1.165) is 64.0 Å². The van der Waals surface area contributed by atoms with Crippen molar-refractivity contribution in [2.75, 3.05) is 26.3 Å². The molecule has 2 bridgehead atoms. The summed E-state index contributed by atoms with van der Waals surface area (Å²) in [6.07, 6.45) is 5.86. The number of phenolic OH excluding ortho intramolecular Hbond substituents is 1. The van der Waals surface area contributed by atoms with Crippen LogP contribution >= 0.6 is 0 Å². The number of hydrogen-bond acceptors (Lipinski definition) is 5. The van der Waals surface area contributed by atoms with Crippen molar-refractivity contribution in [1.29, 1.82) is 0 Å². The number of aliphatic hydroxyl groups is 1. The first-order valence-corrected chi connectivity index (χ1v) is 11.6. The number of benzene rings is 1. The van der Waals surface area contributed by atoms with Gasteiger partial charge in [-0.15, -0.1) is 0 Å². The minimum Gasteiger partial charge on any atom is -0.508 e. The normalized spacial score (nSPS) is 41.0. The van der Waals surface area contributed by atoms with Gasteiger partial charge in [-0.1, -0.05) is 6.07 Å². The molecule has 1 aromatic rings. The molecule has 0 spiro atoms. The summed E-state index contributed by atoms with van der Waals surface area (Å²) >= 11 is 0. The molecule has 6 heteroatoms. The fraction of sp³-hybridized carbons (Fsp3) is 0.708. The number of piperidine rings is 1. The monoisotopic (exact) mass is 412 g/mol. The van der Waals surface area contributed by atoms with Gasteiger partial charge in [-0.25, -0.2) is 0 Å². The van der Waals surface area contributed by atoms with Gasteiger partial charge in [-0.05, 0) is 80.2 Å². The first-order chi connectivity index (χ1) is 14.5. The van der Waals surface area contributed by atoms with Crippen LogP contribution in [0.4, 0.5) is 0 Å². The van der Waals surface area contributed by atoms with Crippen molar-refractivity contribution in [2.24, 2.45) is 11.8 Å². The summed E-state index contributed by atoms with van der Waals surface area (Å²) in [4.78, 5) is 14.7. The fourth-order valence-electron chi connectivity index (χ4n) is 7.56. The summed E-state index contributed by atoms with van der Waals surface area (Å²) in [6, 6.07) is 5.93. The van der Waals surface area contributed by atoms with Crippen molar-refractivity contribution in [2.45, 2.75) is 68.0 Å². The predicted molar refractivity (Wildman–Crippen MR) is 111 cm³/mol. The number of rotatable bonds is 2. The molecule has 30 heavy (non-hydrogen) atoms. The summed E-state index contributed by atoms with van der Waals surface area (Å²) in [5.41, 5.74) is 1.12. The van der Waals surface area contributed by atoms with E-state index in [0.29, 0.717) is 18.8 Å². The molecule has 5 atom stereocenters. The lowest BCUT2D eigenvalue weighted by Crippen LogP contribution is -2.75. The zero-order valence-corrected chi connectivity index (χ0v) is 17.5. The van der Waals surface area contributed by atoms with Gasteiger partial charge < -0.3 is 20.3 Å². The van der Waals surface area contributed by atoms with Crippen LogP contribution in [0.2, 0.25) is 0 Å². The Morgan fingerprint density at radius 2 is 2.03 bits per heavy atom. The molecule has 4 fully saturated rings. The van der Waals surface area contributed by atoms with E-state index in [1.54, 1.807) is 6.07 Å². The van der Waals surface area contributed by atoms with E-state index < -0.39 is 11.0 Å². The molecule has 3 heterocycles. The number of ether oxygens (including phenoxy) is 1. The smallest absolute Gasteiger partial charge is 0.220 e. The average molecular weight is 413 g/mol. The maximum Gasteiger partial charge on any atom is 0.220 e.